The van der Waals surface area contributed by atoms with E-state index in [9.17, 15) is 13.2 Å². The van der Waals surface area contributed by atoms with Crippen LogP contribution in [0.4, 0.5) is 5.69 Å². The number of anilines is 1. The Kier molecular flexibility index (Phi) is 8.29. The second-order valence-electron chi connectivity index (χ2n) is 7.79. The topological polar surface area (TPSA) is 75.7 Å². The molecule has 1 amide bonds. The van der Waals surface area contributed by atoms with Crippen LogP contribution < -0.4 is 14.4 Å². The van der Waals surface area contributed by atoms with E-state index in [1.165, 1.54) is 11.4 Å². The van der Waals surface area contributed by atoms with Gasteiger partial charge in [-0.2, -0.15) is 0 Å². The highest BCUT2D eigenvalue weighted by molar-refractivity contribution is 7.92. The maximum atomic E-state index is 13.3. The van der Waals surface area contributed by atoms with E-state index >= 15 is 0 Å². The van der Waals surface area contributed by atoms with Crippen molar-refractivity contribution in [2.45, 2.75) is 45.7 Å². The highest BCUT2D eigenvalue weighted by atomic mass is 32.2. The predicted octanol–water partition coefficient (Wildman–Crippen LogP) is 4.14. The van der Waals surface area contributed by atoms with E-state index in [0.717, 1.165) is 18.2 Å². The fraction of sp³-hybridized carbons (Fsp3) is 0.435. The molecule has 7 heteroatoms. The molecule has 0 radical (unpaired) electrons. The molecule has 0 aliphatic rings. The van der Waals surface area contributed by atoms with Crippen molar-refractivity contribution in [3.63, 3.8) is 0 Å². The molecule has 0 saturated heterocycles. The van der Waals surface area contributed by atoms with Gasteiger partial charge < -0.3 is 10.1 Å². The summed E-state index contributed by atoms with van der Waals surface area (Å²) in [7, 11) is -2.19. The van der Waals surface area contributed by atoms with Gasteiger partial charge in [-0.05, 0) is 36.5 Å². The Morgan fingerprint density at radius 2 is 1.77 bits per heavy atom. The number of nitrogens with zero attached hydrogens (tertiary/aromatic N) is 1. The van der Waals surface area contributed by atoms with Gasteiger partial charge in [0, 0.05) is 6.07 Å². The number of carbonyl (C=O) groups is 1. The number of nitrogens with one attached hydrogen (secondary N) is 1. The van der Waals surface area contributed by atoms with Gasteiger partial charge in [0.1, 0.15) is 11.8 Å². The lowest BCUT2D eigenvalue weighted by molar-refractivity contribution is -0.123. The van der Waals surface area contributed by atoms with E-state index in [-0.39, 0.29) is 11.9 Å². The van der Waals surface area contributed by atoms with Gasteiger partial charge in [0.15, 0.2) is 0 Å². The lowest BCUT2D eigenvalue weighted by Gasteiger charge is -2.32. The minimum atomic E-state index is -3.71. The molecule has 0 aliphatic carbocycles. The molecule has 1 N–H and O–H groups in total. The molecule has 0 saturated carbocycles. The smallest absolute Gasteiger partial charge is 0.244 e. The van der Waals surface area contributed by atoms with Crippen LogP contribution in [-0.2, 0) is 14.8 Å². The summed E-state index contributed by atoms with van der Waals surface area (Å²) < 4.78 is 31.8. The Hall–Kier alpha value is -2.54. The molecule has 0 heterocycles. The van der Waals surface area contributed by atoms with Crippen molar-refractivity contribution >= 4 is 21.6 Å². The Labute approximate surface area is 180 Å². The zero-order chi connectivity index (χ0) is 22.3. The van der Waals surface area contributed by atoms with Crippen molar-refractivity contribution < 1.29 is 17.9 Å². The molecule has 0 bridgehead atoms. The first-order valence-corrected chi connectivity index (χ1v) is 12.0. The molecule has 0 aliphatic heterocycles. The normalized spacial score (nSPS) is 13.5. The first kappa shape index (κ1) is 23.7. The van der Waals surface area contributed by atoms with E-state index in [2.05, 4.69) is 19.2 Å². The fourth-order valence-corrected chi connectivity index (χ4v) is 4.71. The van der Waals surface area contributed by atoms with Crippen LogP contribution in [0.3, 0.4) is 0 Å². The molecule has 6 nitrogen and oxygen atoms in total. The summed E-state index contributed by atoms with van der Waals surface area (Å²) in [6.45, 7) is 6.00. The summed E-state index contributed by atoms with van der Waals surface area (Å²) in [4.78, 5) is 13.3. The SMILES string of the molecule is CC[C@@H](C(=O)N[C@H](CC(C)C)c1ccccc1)N(c1cccc(OC)c1)S(C)(=O)=O. The Bertz CT molecular complexity index is 929. The van der Waals surface area contributed by atoms with Gasteiger partial charge in [0.05, 0.1) is 25.1 Å². The van der Waals surface area contributed by atoms with Crippen LogP contribution in [0.15, 0.2) is 54.6 Å². The Morgan fingerprint density at radius 1 is 1.10 bits per heavy atom. The van der Waals surface area contributed by atoms with Crippen LogP contribution in [-0.4, -0.2) is 33.7 Å². The van der Waals surface area contributed by atoms with Crippen molar-refractivity contribution in [3.8, 4) is 5.75 Å². The van der Waals surface area contributed by atoms with E-state index in [1.807, 2.05) is 37.3 Å². The van der Waals surface area contributed by atoms with Gasteiger partial charge in [-0.15, -0.1) is 0 Å². The van der Waals surface area contributed by atoms with Crippen LogP contribution in [0.5, 0.6) is 5.75 Å². The van der Waals surface area contributed by atoms with E-state index < -0.39 is 16.1 Å². The third-order valence-electron chi connectivity index (χ3n) is 4.86. The van der Waals surface area contributed by atoms with Crippen LogP contribution in [0, 0.1) is 5.92 Å². The molecule has 2 atom stereocenters. The summed E-state index contributed by atoms with van der Waals surface area (Å²) in [6, 6.07) is 15.4. The second kappa shape index (κ2) is 10.5. The third kappa shape index (κ3) is 6.23. The van der Waals surface area contributed by atoms with E-state index in [0.29, 0.717) is 23.8 Å². The summed E-state index contributed by atoms with van der Waals surface area (Å²) in [5.74, 6) is 0.568. The standard InChI is InChI=1S/C23H32N2O4S/c1-6-22(25(30(5,27)28)19-13-10-14-20(16-19)29-4)23(26)24-21(15-17(2)3)18-11-8-7-9-12-18/h7-14,16-17,21-22H,6,15H2,1-5H3,(H,24,26)/t21-,22+/m1/s1. The van der Waals surface area contributed by atoms with Gasteiger partial charge in [-0.3, -0.25) is 9.10 Å². The van der Waals surface area contributed by atoms with Crippen molar-refractivity contribution in [2.24, 2.45) is 5.92 Å². The van der Waals surface area contributed by atoms with Crippen molar-refractivity contribution in [1.29, 1.82) is 0 Å². The number of hydrogen-bond acceptors (Lipinski definition) is 4. The Balaban J connectivity index is 2.38. The molecule has 0 spiro atoms. The average molecular weight is 433 g/mol. The number of amides is 1. The number of methoxy groups -OCH3 is 1. The summed E-state index contributed by atoms with van der Waals surface area (Å²) >= 11 is 0. The van der Waals surface area contributed by atoms with Gasteiger partial charge in [0.2, 0.25) is 15.9 Å². The molecule has 30 heavy (non-hydrogen) atoms. The number of hydrogen-bond donors (Lipinski definition) is 1. The van der Waals surface area contributed by atoms with Crippen LogP contribution in [0.1, 0.15) is 45.2 Å². The first-order chi connectivity index (χ1) is 14.2. The highest BCUT2D eigenvalue weighted by Gasteiger charge is 2.33. The fourth-order valence-electron chi connectivity index (χ4n) is 3.51. The van der Waals surface area contributed by atoms with Crippen LogP contribution >= 0.6 is 0 Å². The molecule has 164 valence electrons. The number of carbonyl (C=O) groups excluding carboxylic acids is 1. The van der Waals surface area contributed by atoms with Crippen LogP contribution in [0.25, 0.3) is 0 Å². The monoisotopic (exact) mass is 432 g/mol. The lowest BCUT2D eigenvalue weighted by atomic mass is 9.96. The molecule has 0 fully saturated rings. The zero-order valence-corrected chi connectivity index (χ0v) is 19.1. The van der Waals surface area contributed by atoms with Crippen LogP contribution in [0.2, 0.25) is 0 Å². The van der Waals surface area contributed by atoms with Gasteiger partial charge in [0.25, 0.3) is 0 Å². The third-order valence-corrected chi connectivity index (χ3v) is 6.04. The molecular weight excluding hydrogens is 400 g/mol. The predicted molar refractivity (Wildman–Crippen MR) is 121 cm³/mol. The quantitative estimate of drug-likeness (QED) is 0.612. The molecule has 2 aromatic carbocycles. The number of sulfonamides is 1. The maximum absolute atomic E-state index is 13.3. The minimum absolute atomic E-state index is 0.195. The van der Waals surface area contributed by atoms with Crippen molar-refractivity contribution in [2.75, 3.05) is 17.7 Å². The lowest BCUT2D eigenvalue weighted by Crippen LogP contribution is -2.50. The number of ether oxygens (including phenoxy) is 1. The zero-order valence-electron chi connectivity index (χ0n) is 18.3. The number of rotatable bonds is 10. The summed E-state index contributed by atoms with van der Waals surface area (Å²) in [5.41, 5.74) is 1.40. The summed E-state index contributed by atoms with van der Waals surface area (Å²) in [6.07, 6.45) is 2.20. The van der Waals surface area contributed by atoms with Crippen molar-refractivity contribution in [3.05, 3.63) is 60.2 Å². The van der Waals surface area contributed by atoms with Gasteiger partial charge in [-0.1, -0.05) is 57.2 Å². The first-order valence-electron chi connectivity index (χ1n) is 10.2. The van der Waals surface area contributed by atoms with Gasteiger partial charge >= 0.3 is 0 Å². The second-order valence-corrected chi connectivity index (χ2v) is 9.65. The molecule has 2 rings (SSSR count). The molecule has 2 aromatic rings. The molecular formula is C23H32N2O4S. The van der Waals surface area contributed by atoms with E-state index in [1.54, 1.807) is 24.3 Å². The number of benzene rings is 2. The van der Waals surface area contributed by atoms with E-state index in [4.69, 9.17) is 4.74 Å². The largest absolute Gasteiger partial charge is 0.497 e. The summed E-state index contributed by atoms with van der Waals surface area (Å²) in [5, 5.41) is 3.09. The molecule has 0 aromatic heterocycles. The molecule has 0 unspecified atom stereocenters. The highest BCUT2D eigenvalue weighted by Crippen LogP contribution is 2.27. The minimum Gasteiger partial charge on any atom is -0.497 e. The average Bonchev–Trinajstić information content (AvgIpc) is 2.70. The van der Waals surface area contributed by atoms with Gasteiger partial charge in [-0.25, -0.2) is 8.42 Å². The maximum Gasteiger partial charge on any atom is 0.244 e. The van der Waals surface area contributed by atoms with Crippen molar-refractivity contribution in [1.82, 2.24) is 5.32 Å². The Morgan fingerprint density at radius 3 is 2.30 bits per heavy atom.